The van der Waals surface area contributed by atoms with E-state index in [4.69, 9.17) is 13.9 Å². The van der Waals surface area contributed by atoms with Crippen molar-refractivity contribution < 1.29 is 23.8 Å². The van der Waals surface area contributed by atoms with Crippen LogP contribution in [0.25, 0.3) is 0 Å². The molecule has 1 aliphatic heterocycles. The van der Waals surface area contributed by atoms with Crippen LogP contribution in [-0.4, -0.2) is 49.9 Å². The number of hydrogen-bond donors (Lipinski definition) is 1. The number of carbonyl (C=O) groups excluding carboxylic acids is 1. The Morgan fingerprint density at radius 2 is 1.79 bits per heavy atom. The van der Waals surface area contributed by atoms with Crippen LogP contribution in [0.1, 0.15) is 54.9 Å². The van der Waals surface area contributed by atoms with Crippen molar-refractivity contribution in [1.82, 2.24) is 0 Å². The zero-order valence-corrected chi connectivity index (χ0v) is 17.8. The largest absolute Gasteiger partial charge is 0.414 e. The Hall–Kier alpha value is -0.273. The van der Waals surface area contributed by atoms with E-state index in [1.165, 1.54) is 0 Å². The summed E-state index contributed by atoms with van der Waals surface area (Å²) in [5, 5.41) is 10.6. The molecule has 5 nitrogen and oxygen atoms in total. The van der Waals surface area contributed by atoms with Crippen LogP contribution in [0.5, 0.6) is 0 Å². The molecule has 1 heterocycles. The molecule has 1 saturated heterocycles. The van der Waals surface area contributed by atoms with Crippen molar-refractivity contribution in [3.8, 4) is 0 Å². The molecule has 1 N–H and O–H groups in total. The average Bonchev–Trinajstić information content (AvgIpc) is 2.70. The van der Waals surface area contributed by atoms with E-state index >= 15 is 0 Å². The second kappa shape index (κ2) is 7.54. The summed E-state index contributed by atoms with van der Waals surface area (Å²) in [7, 11) is -1.92. The molecule has 1 rings (SSSR count). The summed E-state index contributed by atoms with van der Waals surface area (Å²) in [5.74, 6) is -0.856. The van der Waals surface area contributed by atoms with Gasteiger partial charge in [0.2, 0.25) is 0 Å². The maximum Gasteiger partial charge on any atom is 0.192 e. The number of ketones is 1. The van der Waals surface area contributed by atoms with E-state index < -0.39 is 26.3 Å². The first-order valence-electron chi connectivity index (χ1n) is 8.86. The summed E-state index contributed by atoms with van der Waals surface area (Å²) in [5.41, 5.74) is 0. The Morgan fingerprint density at radius 3 is 2.25 bits per heavy atom. The van der Waals surface area contributed by atoms with Gasteiger partial charge >= 0.3 is 0 Å². The molecule has 0 unspecified atom stereocenters. The van der Waals surface area contributed by atoms with Gasteiger partial charge in [-0.3, -0.25) is 4.79 Å². The van der Waals surface area contributed by atoms with Gasteiger partial charge in [-0.15, -0.1) is 0 Å². The second-order valence-electron chi connectivity index (χ2n) is 9.10. The third-order valence-corrected chi connectivity index (χ3v) is 9.57. The maximum atomic E-state index is 11.9. The van der Waals surface area contributed by atoms with Crippen molar-refractivity contribution in [2.24, 2.45) is 5.92 Å². The van der Waals surface area contributed by atoms with Gasteiger partial charge in [-0.05, 0) is 32.0 Å². The van der Waals surface area contributed by atoms with E-state index in [0.717, 1.165) is 0 Å². The van der Waals surface area contributed by atoms with Gasteiger partial charge in [-0.25, -0.2) is 0 Å². The molecule has 1 aliphatic rings. The summed E-state index contributed by atoms with van der Waals surface area (Å²) in [6, 6.07) is 0. The molecule has 0 aromatic rings. The van der Waals surface area contributed by atoms with Crippen molar-refractivity contribution in [2.75, 3.05) is 6.61 Å². The number of aliphatic hydroxyl groups is 1. The van der Waals surface area contributed by atoms with Crippen LogP contribution in [0.4, 0.5) is 0 Å². The number of Topliss-reactive ketones (excluding diaryl/α,β-unsaturated/α-hetero) is 1. The number of aliphatic hydroxyl groups excluding tert-OH is 1. The van der Waals surface area contributed by atoms with Crippen LogP contribution >= 0.6 is 0 Å². The predicted molar refractivity (Wildman–Crippen MR) is 97.4 cm³/mol. The van der Waals surface area contributed by atoms with Gasteiger partial charge in [0.1, 0.15) is 18.0 Å². The molecule has 24 heavy (non-hydrogen) atoms. The Kier molecular flexibility index (Phi) is 6.84. The van der Waals surface area contributed by atoms with Gasteiger partial charge in [-0.1, -0.05) is 34.6 Å². The second-order valence-corrected chi connectivity index (χ2v) is 13.9. The van der Waals surface area contributed by atoms with Crippen LogP contribution in [0.15, 0.2) is 0 Å². The molecular formula is C18H36O5Si. The standard InChI is InChI=1S/C18H36O5Si/c1-12(2)13(19)10-14(20)16-15(22-18(6,7)23-16)11-21-24(8,9)17(3,4)5/h12,14-16,20H,10-11H2,1-9H3/t14-,15+,16+/m1/s1. The molecule has 6 heteroatoms. The normalized spacial score (nSPS) is 26.0. The van der Waals surface area contributed by atoms with E-state index in [2.05, 4.69) is 33.9 Å². The predicted octanol–water partition coefficient (Wildman–Crippen LogP) is 3.50. The van der Waals surface area contributed by atoms with Crippen molar-refractivity contribution in [1.29, 1.82) is 0 Å². The van der Waals surface area contributed by atoms with Gasteiger partial charge in [-0.2, -0.15) is 0 Å². The van der Waals surface area contributed by atoms with E-state index in [1.807, 2.05) is 27.7 Å². The molecule has 3 atom stereocenters. The SMILES string of the molecule is CC(C)C(=O)C[C@@H](O)[C@@H]1OC(C)(C)O[C@H]1CO[Si](C)(C)C(C)(C)C. The highest BCUT2D eigenvalue weighted by molar-refractivity contribution is 6.74. The third-order valence-electron chi connectivity index (χ3n) is 5.07. The molecular weight excluding hydrogens is 324 g/mol. The monoisotopic (exact) mass is 360 g/mol. The zero-order chi connectivity index (χ0) is 18.9. The lowest BCUT2D eigenvalue weighted by atomic mass is 9.98. The highest BCUT2D eigenvalue weighted by Gasteiger charge is 2.47. The first-order valence-corrected chi connectivity index (χ1v) is 11.8. The fraction of sp³-hybridized carbons (Fsp3) is 0.944. The third kappa shape index (κ3) is 5.63. The lowest BCUT2D eigenvalue weighted by Crippen LogP contribution is -2.46. The number of hydrogen-bond acceptors (Lipinski definition) is 5. The lowest BCUT2D eigenvalue weighted by molar-refractivity contribution is -0.158. The smallest absolute Gasteiger partial charge is 0.192 e. The zero-order valence-electron chi connectivity index (χ0n) is 16.8. The molecule has 1 fully saturated rings. The highest BCUT2D eigenvalue weighted by atomic mass is 28.4. The fourth-order valence-corrected chi connectivity index (χ4v) is 3.40. The Bertz CT molecular complexity index is 439. The van der Waals surface area contributed by atoms with E-state index in [1.54, 1.807) is 0 Å². The molecule has 0 radical (unpaired) electrons. The van der Waals surface area contributed by atoms with Crippen LogP contribution in [0, 0.1) is 5.92 Å². The topological polar surface area (TPSA) is 65.0 Å². The Labute approximate surface area is 148 Å². The van der Waals surface area contributed by atoms with Crippen molar-refractivity contribution in [3.63, 3.8) is 0 Å². The number of rotatable bonds is 7. The number of ether oxygens (including phenoxy) is 2. The van der Waals surface area contributed by atoms with E-state index in [-0.39, 0.29) is 29.3 Å². The highest BCUT2D eigenvalue weighted by Crippen LogP contribution is 2.38. The summed E-state index contributed by atoms with van der Waals surface area (Å²) in [6.07, 6.45) is -1.72. The molecule has 0 saturated carbocycles. The van der Waals surface area contributed by atoms with Crippen LogP contribution in [0.2, 0.25) is 18.1 Å². The Morgan fingerprint density at radius 1 is 1.25 bits per heavy atom. The molecule has 0 aromatic carbocycles. The maximum absolute atomic E-state index is 11.9. The molecule has 0 aromatic heterocycles. The quantitative estimate of drug-likeness (QED) is 0.704. The van der Waals surface area contributed by atoms with Crippen molar-refractivity contribution in [2.45, 2.75) is 97.1 Å². The minimum Gasteiger partial charge on any atom is -0.414 e. The van der Waals surface area contributed by atoms with Crippen LogP contribution < -0.4 is 0 Å². The Balaban J connectivity index is 2.78. The fourth-order valence-electron chi connectivity index (χ4n) is 2.38. The number of carbonyl (C=O) groups is 1. The molecule has 0 amide bonds. The lowest BCUT2D eigenvalue weighted by Gasteiger charge is -2.37. The summed E-state index contributed by atoms with van der Waals surface area (Å²) < 4.78 is 18.0. The van der Waals surface area contributed by atoms with Crippen molar-refractivity contribution >= 4 is 14.1 Å². The van der Waals surface area contributed by atoms with Gasteiger partial charge in [0.05, 0.1) is 12.7 Å². The van der Waals surface area contributed by atoms with Crippen LogP contribution in [-0.2, 0) is 18.7 Å². The van der Waals surface area contributed by atoms with E-state index in [9.17, 15) is 9.90 Å². The van der Waals surface area contributed by atoms with Crippen LogP contribution in [0.3, 0.4) is 0 Å². The summed E-state index contributed by atoms with van der Waals surface area (Å²) in [4.78, 5) is 11.9. The first-order chi connectivity index (χ1) is 10.7. The minimum absolute atomic E-state index is 0.0277. The molecule has 0 spiro atoms. The van der Waals surface area contributed by atoms with Gasteiger partial charge in [0, 0.05) is 12.3 Å². The van der Waals surface area contributed by atoms with Crippen molar-refractivity contribution in [3.05, 3.63) is 0 Å². The first kappa shape index (κ1) is 21.8. The van der Waals surface area contributed by atoms with Gasteiger partial charge in [0.25, 0.3) is 0 Å². The molecule has 142 valence electrons. The van der Waals surface area contributed by atoms with E-state index in [0.29, 0.717) is 6.61 Å². The summed E-state index contributed by atoms with van der Waals surface area (Å²) in [6.45, 7) is 18.6. The molecule has 0 bridgehead atoms. The molecule has 0 aliphatic carbocycles. The van der Waals surface area contributed by atoms with Gasteiger partial charge < -0.3 is 19.0 Å². The average molecular weight is 361 g/mol. The summed E-state index contributed by atoms with van der Waals surface area (Å²) >= 11 is 0. The minimum atomic E-state index is -1.92. The van der Waals surface area contributed by atoms with Gasteiger partial charge in [0.15, 0.2) is 14.1 Å².